The van der Waals surface area contributed by atoms with Gasteiger partial charge in [-0.05, 0) is 43.8 Å². The molecule has 0 radical (unpaired) electrons. The summed E-state index contributed by atoms with van der Waals surface area (Å²) >= 11 is 10.9. The largest absolute Gasteiger partial charge is 0.338 e. The van der Waals surface area contributed by atoms with Gasteiger partial charge in [-0.3, -0.25) is 0 Å². The fraction of sp³-hybridized carbons (Fsp3) is 0.667. The van der Waals surface area contributed by atoms with E-state index in [0.29, 0.717) is 15.3 Å². The zero-order valence-corrected chi connectivity index (χ0v) is 13.7. The van der Waals surface area contributed by atoms with Crippen LogP contribution in [0.25, 0.3) is 11.2 Å². The fourth-order valence-electron chi connectivity index (χ4n) is 3.41. The Morgan fingerprint density at radius 2 is 1.81 bits per heavy atom. The first-order valence-electron chi connectivity index (χ1n) is 7.95. The molecule has 0 amide bonds. The second-order valence-electron chi connectivity index (χ2n) is 6.47. The van der Waals surface area contributed by atoms with E-state index in [1.54, 1.807) is 0 Å². The summed E-state index contributed by atoms with van der Waals surface area (Å²) in [6.07, 6.45) is 9.15. The van der Waals surface area contributed by atoms with Crippen molar-refractivity contribution in [2.75, 3.05) is 0 Å². The van der Waals surface area contributed by atoms with Crippen molar-refractivity contribution >= 4 is 35.6 Å². The smallest absolute Gasteiger partial charge is 0.179 e. The number of fused-ring (bicyclic) bond motifs is 1. The van der Waals surface area contributed by atoms with Crippen molar-refractivity contribution < 1.29 is 0 Å². The van der Waals surface area contributed by atoms with Gasteiger partial charge < -0.3 is 14.5 Å². The van der Waals surface area contributed by atoms with E-state index in [1.807, 2.05) is 0 Å². The van der Waals surface area contributed by atoms with Crippen LogP contribution in [0.5, 0.6) is 0 Å². The number of hydrogen-bond donors (Lipinski definition) is 2. The Balaban J connectivity index is 1.78. The minimum absolute atomic E-state index is 0.600. The lowest BCUT2D eigenvalue weighted by atomic mass is 9.89. The molecule has 2 aliphatic carbocycles. The van der Waals surface area contributed by atoms with Crippen LogP contribution in [0.1, 0.15) is 56.7 Å². The molecule has 2 fully saturated rings. The van der Waals surface area contributed by atoms with E-state index >= 15 is 0 Å². The van der Waals surface area contributed by atoms with Crippen molar-refractivity contribution in [2.45, 2.75) is 57.4 Å². The van der Waals surface area contributed by atoms with E-state index in [-0.39, 0.29) is 0 Å². The summed E-state index contributed by atoms with van der Waals surface area (Å²) in [5, 5.41) is 0. The lowest BCUT2D eigenvalue weighted by Crippen LogP contribution is -2.16. The van der Waals surface area contributed by atoms with Gasteiger partial charge in [0.2, 0.25) is 0 Å². The minimum atomic E-state index is 0.600. The Morgan fingerprint density at radius 1 is 1.05 bits per heavy atom. The number of imidazole rings is 1. The molecule has 0 unspecified atom stereocenters. The first-order valence-corrected chi connectivity index (χ1v) is 8.77. The summed E-state index contributed by atoms with van der Waals surface area (Å²) in [7, 11) is 0. The summed E-state index contributed by atoms with van der Waals surface area (Å²) in [6.45, 7) is 0.969. The van der Waals surface area contributed by atoms with E-state index in [0.717, 1.165) is 29.5 Å². The normalized spacial score (nSPS) is 20.2. The molecule has 0 spiro atoms. The molecule has 0 saturated heterocycles. The molecule has 2 N–H and O–H groups in total. The van der Waals surface area contributed by atoms with E-state index in [4.69, 9.17) is 29.4 Å². The number of nitrogens with one attached hydrogen (secondary N) is 2. The van der Waals surface area contributed by atoms with Crippen LogP contribution in [-0.4, -0.2) is 19.5 Å². The molecular formula is C15H20N4S2. The van der Waals surface area contributed by atoms with Crippen LogP contribution in [0.3, 0.4) is 0 Å². The highest BCUT2D eigenvalue weighted by Crippen LogP contribution is 2.39. The van der Waals surface area contributed by atoms with Gasteiger partial charge in [0.15, 0.2) is 10.4 Å². The molecular weight excluding hydrogens is 300 g/mol. The Hall–Kier alpha value is -1.01. The predicted molar refractivity (Wildman–Crippen MR) is 88.7 cm³/mol. The summed E-state index contributed by atoms with van der Waals surface area (Å²) in [5.74, 6) is 2.41. The number of hydrogen-bond acceptors (Lipinski definition) is 3. The van der Waals surface area contributed by atoms with Crippen LogP contribution < -0.4 is 0 Å². The van der Waals surface area contributed by atoms with Crippen LogP contribution in [0.15, 0.2) is 0 Å². The molecule has 4 nitrogen and oxygen atoms in total. The van der Waals surface area contributed by atoms with Crippen molar-refractivity contribution in [3.63, 3.8) is 0 Å². The lowest BCUT2D eigenvalue weighted by molar-refractivity contribution is 0.319. The Kier molecular flexibility index (Phi) is 3.46. The molecule has 4 rings (SSSR count). The van der Waals surface area contributed by atoms with Crippen molar-refractivity contribution in [2.24, 2.45) is 5.92 Å². The highest BCUT2D eigenvalue weighted by atomic mass is 32.1. The second kappa shape index (κ2) is 5.32. The highest BCUT2D eigenvalue weighted by Gasteiger charge is 2.28. The zero-order valence-electron chi connectivity index (χ0n) is 12.0. The van der Waals surface area contributed by atoms with E-state index in [2.05, 4.69) is 14.5 Å². The molecule has 112 valence electrons. The Bertz CT molecular complexity index is 775. The van der Waals surface area contributed by atoms with E-state index < -0.39 is 0 Å². The maximum Gasteiger partial charge on any atom is 0.179 e. The zero-order chi connectivity index (χ0) is 14.4. The second-order valence-corrected chi connectivity index (χ2v) is 7.26. The molecule has 2 aromatic heterocycles. The van der Waals surface area contributed by atoms with E-state index in [1.165, 1.54) is 44.9 Å². The van der Waals surface area contributed by atoms with Crippen LogP contribution in [0.2, 0.25) is 0 Å². The first-order chi connectivity index (χ1) is 10.2. The average molecular weight is 320 g/mol. The fourth-order valence-corrected chi connectivity index (χ4v) is 3.97. The molecule has 6 heteroatoms. The van der Waals surface area contributed by atoms with E-state index in [9.17, 15) is 0 Å². The standard InChI is InChI=1S/C15H20N4S2/c20-14-11-13(17-12(16-11)10-6-7-10)19(15(21)18-14)8-9-4-2-1-3-5-9/h9-10H,1-8H2,(H,16,17)(H,18,20,21). The summed E-state index contributed by atoms with van der Waals surface area (Å²) in [4.78, 5) is 11.4. The molecule has 2 heterocycles. The van der Waals surface area contributed by atoms with Crippen LogP contribution in [0.4, 0.5) is 0 Å². The van der Waals surface area contributed by atoms with Crippen LogP contribution >= 0.6 is 24.4 Å². The summed E-state index contributed by atoms with van der Waals surface area (Å²) in [6, 6.07) is 0. The third kappa shape index (κ3) is 2.59. The molecule has 0 aromatic carbocycles. The minimum Gasteiger partial charge on any atom is -0.338 e. The maximum atomic E-state index is 5.51. The van der Waals surface area contributed by atoms with Crippen molar-refractivity contribution in [1.82, 2.24) is 19.5 Å². The van der Waals surface area contributed by atoms with Gasteiger partial charge in [0, 0.05) is 12.5 Å². The number of H-pyrrole nitrogens is 2. The Morgan fingerprint density at radius 3 is 2.52 bits per heavy atom. The molecule has 0 atom stereocenters. The number of rotatable bonds is 3. The predicted octanol–water partition coefficient (Wildman–Crippen LogP) is 4.61. The van der Waals surface area contributed by atoms with Crippen LogP contribution in [0, 0.1) is 15.3 Å². The topological polar surface area (TPSA) is 49.4 Å². The summed E-state index contributed by atoms with van der Waals surface area (Å²) in [5.41, 5.74) is 1.91. The summed E-state index contributed by atoms with van der Waals surface area (Å²) < 4.78 is 3.57. The highest BCUT2D eigenvalue weighted by molar-refractivity contribution is 7.72. The molecule has 0 aliphatic heterocycles. The third-order valence-electron chi connectivity index (χ3n) is 4.78. The van der Waals surface area contributed by atoms with Gasteiger partial charge in [-0.25, -0.2) is 4.98 Å². The van der Waals surface area contributed by atoms with Gasteiger partial charge in [0.05, 0.1) is 0 Å². The molecule has 0 bridgehead atoms. The molecule has 21 heavy (non-hydrogen) atoms. The van der Waals surface area contributed by atoms with Crippen molar-refractivity contribution in [3.05, 3.63) is 15.2 Å². The average Bonchev–Trinajstić information content (AvgIpc) is 3.24. The van der Waals surface area contributed by atoms with Gasteiger partial charge in [0.1, 0.15) is 16.0 Å². The molecule has 2 saturated carbocycles. The number of nitrogens with zero attached hydrogens (tertiary/aromatic N) is 2. The van der Waals surface area contributed by atoms with Gasteiger partial charge in [0.25, 0.3) is 0 Å². The van der Waals surface area contributed by atoms with Gasteiger partial charge in [-0.2, -0.15) is 0 Å². The first kappa shape index (κ1) is 13.6. The number of aromatic amines is 2. The van der Waals surface area contributed by atoms with Gasteiger partial charge >= 0.3 is 0 Å². The monoisotopic (exact) mass is 320 g/mol. The van der Waals surface area contributed by atoms with Crippen molar-refractivity contribution in [1.29, 1.82) is 0 Å². The van der Waals surface area contributed by atoms with Crippen LogP contribution in [-0.2, 0) is 6.54 Å². The van der Waals surface area contributed by atoms with Gasteiger partial charge in [-0.1, -0.05) is 31.5 Å². The lowest BCUT2D eigenvalue weighted by Gasteiger charge is -2.22. The number of aromatic nitrogens is 4. The quantitative estimate of drug-likeness (QED) is 0.812. The molecule has 2 aromatic rings. The maximum absolute atomic E-state index is 5.51. The SMILES string of the molecule is S=c1[nH]c(=S)n(CC2CCCCC2)c2nc(C3CC3)[nH]c12. The van der Waals surface area contributed by atoms with Gasteiger partial charge in [-0.15, -0.1) is 0 Å². The Labute approximate surface area is 134 Å². The molecule has 2 aliphatic rings. The third-order valence-corrected chi connectivity index (χ3v) is 5.41. The van der Waals surface area contributed by atoms with Crippen molar-refractivity contribution in [3.8, 4) is 0 Å².